The van der Waals surface area contributed by atoms with Gasteiger partial charge in [0.05, 0.1) is 23.6 Å². The maximum absolute atomic E-state index is 16.8. The summed E-state index contributed by atoms with van der Waals surface area (Å²) in [5.41, 5.74) is -0.403. The van der Waals surface area contributed by atoms with E-state index in [0.717, 1.165) is 38.6 Å². The molecular weight excluding hydrogens is 587 g/mol. The first-order chi connectivity index (χ1) is 21.9. The molecule has 45 heavy (non-hydrogen) atoms. The van der Waals surface area contributed by atoms with Crippen LogP contribution in [0.5, 0.6) is 17.5 Å². The van der Waals surface area contributed by atoms with Crippen LogP contribution in [0.15, 0.2) is 30.5 Å². The quantitative estimate of drug-likeness (QED) is 0.316. The normalized spacial score (nSPS) is 25.3. The third-order valence-corrected chi connectivity index (χ3v) is 9.75. The Morgan fingerprint density at radius 1 is 1.07 bits per heavy atom. The fourth-order valence-corrected chi connectivity index (χ4v) is 7.67. The van der Waals surface area contributed by atoms with Gasteiger partial charge in [-0.15, -0.1) is 0 Å². The van der Waals surface area contributed by atoms with Gasteiger partial charge in [-0.05, 0) is 62.2 Å². The second kappa shape index (κ2) is 11.2. The van der Waals surface area contributed by atoms with Gasteiger partial charge in [0, 0.05) is 43.2 Å². The number of alkyl halides is 1. The molecule has 0 spiro atoms. The molecule has 3 saturated heterocycles. The molecule has 0 radical (unpaired) electrons. The molecule has 0 saturated carbocycles. The summed E-state index contributed by atoms with van der Waals surface area (Å²) in [7, 11) is 0. The molecule has 0 amide bonds. The summed E-state index contributed by atoms with van der Waals surface area (Å²) in [5, 5.41) is 11.7. The number of halogens is 3. The predicted molar refractivity (Wildman–Crippen MR) is 162 cm³/mol. The molecule has 6 bridgehead atoms. The molecule has 236 valence electrons. The topological polar surface area (TPSA) is 93.1 Å². The molecule has 5 aliphatic heterocycles. The van der Waals surface area contributed by atoms with Crippen molar-refractivity contribution in [2.75, 3.05) is 50.9 Å². The molecule has 0 aliphatic carbocycles. The number of ether oxygens (including phenoxy) is 3. The number of benzene rings is 2. The van der Waals surface area contributed by atoms with Crippen LogP contribution < -0.4 is 14.4 Å². The van der Waals surface area contributed by atoms with Crippen LogP contribution in [0.1, 0.15) is 38.5 Å². The first kappa shape index (κ1) is 28.6. The van der Waals surface area contributed by atoms with Crippen LogP contribution in [0.25, 0.3) is 32.9 Å². The number of pyridine rings is 1. The molecule has 5 aliphatic rings. The van der Waals surface area contributed by atoms with E-state index >= 15 is 8.78 Å². The average Bonchev–Trinajstić information content (AvgIpc) is 3.44. The highest BCUT2D eigenvalue weighted by Crippen LogP contribution is 2.43. The Morgan fingerprint density at radius 2 is 1.98 bits per heavy atom. The molecule has 12 heteroatoms. The highest BCUT2D eigenvalue weighted by atomic mass is 19.1. The largest absolute Gasteiger partial charge is 0.508 e. The molecule has 3 fully saturated rings. The van der Waals surface area contributed by atoms with Gasteiger partial charge >= 0.3 is 6.01 Å². The number of hydrogen-bond donors (Lipinski definition) is 1. The zero-order chi connectivity index (χ0) is 30.7. The van der Waals surface area contributed by atoms with E-state index in [9.17, 15) is 9.50 Å². The summed E-state index contributed by atoms with van der Waals surface area (Å²) in [6.45, 7) is 2.85. The number of phenols is 1. The van der Waals surface area contributed by atoms with E-state index in [1.165, 1.54) is 30.5 Å². The van der Waals surface area contributed by atoms with Crippen molar-refractivity contribution < 1.29 is 32.5 Å². The molecule has 9 rings (SSSR count). The summed E-state index contributed by atoms with van der Waals surface area (Å²) < 4.78 is 65.0. The van der Waals surface area contributed by atoms with Crippen molar-refractivity contribution in [2.45, 2.75) is 56.3 Å². The van der Waals surface area contributed by atoms with Crippen molar-refractivity contribution in [1.82, 2.24) is 19.9 Å². The Hall–Kier alpha value is -3.90. The van der Waals surface area contributed by atoms with Gasteiger partial charge in [-0.1, -0.05) is 6.07 Å². The van der Waals surface area contributed by atoms with Crippen molar-refractivity contribution in [3.05, 3.63) is 42.1 Å². The Morgan fingerprint density at radius 3 is 2.89 bits per heavy atom. The number of aromatic hydroxyl groups is 1. The van der Waals surface area contributed by atoms with E-state index < -0.39 is 23.3 Å². The number of phenolic OH excluding ortho intramolecular Hbond substituents is 1. The molecular formula is C33H34F3N5O4. The monoisotopic (exact) mass is 621 g/mol. The van der Waals surface area contributed by atoms with Crippen molar-refractivity contribution in [2.24, 2.45) is 0 Å². The first-order valence-corrected chi connectivity index (χ1v) is 15.7. The smallest absolute Gasteiger partial charge is 0.319 e. The van der Waals surface area contributed by atoms with Crippen LogP contribution in [0.2, 0.25) is 0 Å². The lowest BCUT2D eigenvalue weighted by molar-refractivity contribution is 0.0344. The number of fused-ring (bicyclic) bond motifs is 5. The number of hydrogen-bond acceptors (Lipinski definition) is 9. The SMILES string of the molecule is Oc1cc2c3c(c(F)ccc3c1)OCCO[C@@H]1CCCCN(C1)c1nc(OC[C@@]34CCCN3C[C@H](F)C4)nc3c(F)c-2ncc13. The minimum atomic E-state index is -0.916. The van der Waals surface area contributed by atoms with Gasteiger partial charge in [0.2, 0.25) is 0 Å². The van der Waals surface area contributed by atoms with E-state index in [4.69, 9.17) is 19.2 Å². The average molecular weight is 622 g/mol. The summed E-state index contributed by atoms with van der Waals surface area (Å²) in [5.74, 6) is -1.10. The van der Waals surface area contributed by atoms with E-state index in [2.05, 4.69) is 19.8 Å². The number of nitrogens with zero attached hydrogens (tertiary/aromatic N) is 5. The van der Waals surface area contributed by atoms with Gasteiger partial charge in [0.1, 0.15) is 42.2 Å². The van der Waals surface area contributed by atoms with Gasteiger partial charge in [-0.3, -0.25) is 9.88 Å². The lowest BCUT2D eigenvalue weighted by Crippen LogP contribution is -2.43. The molecule has 1 N–H and O–H groups in total. The van der Waals surface area contributed by atoms with Crippen LogP contribution in [0.3, 0.4) is 0 Å². The zero-order valence-corrected chi connectivity index (χ0v) is 24.8. The Kier molecular flexibility index (Phi) is 7.09. The Bertz CT molecular complexity index is 1790. The standard InChI is InChI=1S/C33H34F3N5O4/c34-20-14-33(7-3-9-41(33)16-20)18-45-32-38-29-24-15-37-28(27(29)36)23-13-21(42)12-19-5-6-25(35)30(26(19)23)44-11-10-43-22-4-1-2-8-40(17-22)31(24)39-32/h5-6,12-13,15,20,22,42H,1-4,7-11,14,16-18H2/t20-,22-,33+/m1/s1. The molecule has 4 aromatic rings. The van der Waals surface area contributed by atoms with Crippen LogP contribution in [-0.2, 0) is 4.74 Å². The van der Waals surface area contributed by atoms with Crippen LogP contribution in [0, 0.1) is 11.6 Å². The van der Waals surface area contributed by atoms with Crippen molar-refractivity contribution in [3.63, 3.8) is 0 Å². The molecule has 3 atom stereocenters. The van der Waals surface area contributed by atoms with Crippen molar-refractivity contribution in [3.8, 4) is 28.8 Å². The summed E-state index contributed by atoms with van der Waals surface area (Å²) in [4.78, 5) is 18.1. The van der Waals surface area contributed by atoms with Crippen LogP contribution >= 0.6 is 0 Å². The molecule has 2 aromatic carbocycles. The molecule has 7 heterocycles. The van der Waals surface area contributed by atoms with E-state index in [0.29, 0.717) is 42.6 Å². The predicted octanol–water partition coefficient (Wildman–Crippen LogP) is 5.55. The third-order valence-electron chi connectivity index (χ3n) is 9.75. The molecule has 2 aromatic heterocycles. The number of anilines is 1. The lowest BCUT2D eigenvalue weighted by Gasteiger charge is -2.31. The number of aromatic nitrogens is 3. The Balaban J connectivity index is 1.31. The Labute approximate surface area is 257 Å². The summed E-state index contributed by atoms with van der Waals surface area (Å²) in [6.07, 6.45) is 5.21. The van der Waals surface area contributed by atoms with E-state index in [1.807, 2.05) is 0 Å². The highest BCUT2D eigenvalue weighted by molar-refractivity contribution is 6.03. The minimum absolute atomic E-state index is 0.000974. The fourth-order valence-electron chi connectivity index (χ4n) is 7.67. The second-order valence-corrected chi connectivity index (χ2v) is 12.6. The van der Waals surface area contributed by atoms with Gasteiger partial charge in [0.15, 0.2) is 17.4 Å². The maximum Gasteiger partial charge on any atom is 0.319 e. The fraction of sp³-hybridized carbons (Fsp3) is 0.485. The van der Waals surface area contributed by atoms with Crippen LogP contribution in [0.4, 0.5) is 19.0 Å². The molecule has 9 nitrogen and oxygen atoms in total. The number of rotatable bonds is 3. The zero-order valence-electron chi connectivity index (χ0n) is 24.8. The van der Waals surface area contributed by atoms with Crippen molar-refractivity contribution in [1.29, 1.82) is 0 Å². The van der Waals surface area contributed by atoms with E-state index in [1.54, 1.807) is 0 Å². The second-order valence-electron chi connectivity index (χ2n) is 12.6. The summed E-state index contributed by atoms with van der Waals surface area (Å²) >= 11 is 0. The van der Waals surface area contributed by atoms with E-state index in [-0.39, 0.29) is 65.6 Å². The highest BCUT2D eigenvalue weighted by Gasteiger charge is 2.49. The van der Waals surface area contributed by atoms with Gasteiger partial charge in [0.25, 0.3) is 0 Å². The van der Waals surface area contributed by atoms with Gasteiger partial charge in [-0.2, -0.15) is 9.97 Å². The maximum atomic E-state index is 16.8. The van der Waals surface area contributed by atoms with Crippen LogP contribution in [-0.4, -0.2) is 88.8 Å². The lowest BCUT2D eigenvalue weighted by atomic mass is 9.95. The third kappa shape index (κ3) is 4.98. The first-order valence-electron chi connectivity index (χ1n) is 15.7. The summed E-state index contributed by atoms with van der Waals surface area (Å²) in [6, 6.07) is 5.58. The molecule has 0 unspecified atom stereocenters. The minimum Gasteiger partial charge on any atom is -0.508 e. The van der Waals surface area contributed by atoms with Gasteiger partial charge in [-0.25, -0.2) is 13.2 Å². The van der Waals surface area contributed by atoms with Crippen molar-refractivity contribution >= 4 is 27.5 Å². The van der Waals surface area contributed by atoms with Gasteiger partial charge < -0.3 is 24.2 Å².